The molecule has 2 aliphatic carbocycles. The number of hydrogen-bond acceptors (Lipinski definition) is 1. The van der Waals surface area contributed by atoms with Gasteiger partial charge in [-0.2, -0.15) is 5.10 Å². The molecule has 0 saturated heterocycles. The zero-order chi connectivity index (χ0) is 33.5. The number of fused-ring (bicyclic) bond motifs is 7. The van der Waals surface area contributed by atoms with E-state index in [1.165, 1.54) is 90.1 Å². The molecule has 11 rings (SSSR count). The Morgan fingerprint density at radius 3 is 1.88 bits per heavy atom. The molecular weight excluding hydrogens is 617 g/mol. The monoisotopic (exact) mass is 650 g/mol. The van der Waals surface area contributed by atoms with Gasteiger partial charge in [-0.05, 0) is 86.1 Å². The number of hydrogen-bond donors (Lipinski definition) is 0. The Balaban J connectivity index is 1.27. The lowest BCUT2D eigenvalue weighted by Crippen LogP contribution is -2.28. The number of rotatable bonds is 5. The van der Waals surface area contributed by atoms with E-state index < -0.39 is 5.41 Å². The number of nitrogens with zero attached hydrogens (tertiary/aromatic N) is 2. The zero-order valence-electron chi connectivity index (χ0n) is 28.1. The molecule has 1 fully saturated rings. The smallest absolute Gasteiger partial charge is 0.101 e. The van der Waals surface area contributed by atoms with Crippen LogP contribution < -0.4 is 0 Å². The predicted octanol–water partition coefficient (Wildman–Crippen LogP) is 12.2. The van der Waals surface area contributed by atoms with E-state index in [1.54, 1.807) is 0 Å². The van der Waals surface area contributed by atoms with E-state index in [0.717, 1.165) is 11.3 Å². The highest BCUT2D eigenvalue weighted by Crippen LogP contribution is 2.57. The van der Waals surface area contributed by atoms with Crippen molar-refractivity contribution in [3.05, 3.63) is 204 Å². The lowest BCUT2D eigenvalue weighted by molar-refractivity contribution is 0.769. The Bertz CT molecular complexity index is 2770. The molecule has 0 aliphatic heterocycles. The van der Waals surface area contributed by atoms with Gasteiger partial charge in [-0.1, -0.05) is 158 Å². The number of aromatic nitrogens is 2. The maximum atomic E-state index is 5.58. The van der Waals surface area contributed by atoms with Crippen LogP contribution in [0.4, 0.5) is 0 Å². The maximum absolute atomic E-state index is 5.58. The van der Waals surface area contributed by atoms with E-state index >= 15 is 0 Å². The molecule has 1 saturated carbocycles. The second-order valence-electron chi connectivity index (χ2n) is 14.3. The first-order chi connectivity index (χ1) is 25.3. The van der Waals surface area contributed by atoms with Gasteiger partial charge in [-0.15, -0.1) is 0 Å². The molecule has 2 aromatic heterocycles. The first-order valence-electron chi connectivity index (χ1n) is 18.1. The first-order valence-corrected chi connectivity index (χ1v) is 18.1. The fourth-order valence-corrected chi connectivity index (χ4v) is 8.99. The third kappa shape index (κ3) is 4.14. The fourth-order valence-electron chi connectivity index (χ4n) is 8.99. The second-order valence-corrected chi connectivity index (χ2v) is 14.3. The number of benzene rings is 7. The van der Waals surface area contributed by atoms with Crippen LogP contribution in [0.3, 0.4) is 0 Å². The van der Waals surface area contributed by atoms with Crippen LogP contribution in [-0.4, -0.2) is 9.61 Å². The van der Waals surface area contributed by atoms with Crippen LogP contribution in [0.25, 0.3) is 60.6 Å². The van der Waals surface area contributed by atoms with Crippen LogP contribution in [-0.2, 0) is 5.41 Å². The first kappa shape index (κ1) is 28.6. The Morgan fingerprint density at radius 1 is 0.490 bits per heavy atom. The zero-order valence-corrected chi connectivity index (χ0v) is 28.1. The van der Waals surface area contributed by atoms with Crippen molar-refractivity contribution < 1.29 is 0 Å². The van der Waals surface area contributed by atoms with E-state index in [1.807, 2.05) is 0 Å². The molecule has 0 amide bonds. The van der Waals surface area contributed by atoms with Crippen molar-refractivity contribution in [3.8, 4) is 33.5 Å². The summed E-state index contributed by atoms with van der Waals surface area (Å²) in [4.78, 5) is 0. The van der Waals surface area contributed by atoms with Gasteiger partial charge in [0.2, 0.25) is 0 Å². The summed E-state index contributed by atoms with van der Waals surface area (Å²) in [7, 11) is 0. The molecular formula is C49H34N2. The molecule has 0 bridgehead atoms. The van der Waals surface area contributed by atoms with Gasteiger partial charge in [0.15, 0.2) is 0 Å². The molecule has 7 aromatic carbocycles. The molecule has 0 atom stereocenters. The Morgan fingerprint density at radius 2 is 1.12 bits per heavy atom. The van der Waals surface area contributed by atoms with Crippen LogP contribution in [0.15, 0.2) is 176 Å². The summed E-state index contributed by atoms with van der Waals surface area (Å²) in [5.74, 6) is 0.535. The predicted molar refractivity (Wildman–Crippen MR) is 210 cm³/mol. The molecule has 51 heavy (non-hydrogen) atoms. The van der Waals surface area contributed by atoms with Crippen LogP contribution in [0, 0.1) is 0 Å². The van der Waals surface area contributed by atoms with Crippen molar-refractivity contribution in [2.45, 2.75) is 24.2 Å². The average molecular weight is 651 g/mol. The van der Waals surface area contributed by atoms with Gasteiger partial charge < -0.3 is 0 Å². The summed E-state index contributed by atoms with van der Waals surface area (Å²) >= 11 is 0. The maximum Gasteiger partial charge on any atom is 0.101 e. The lowest BCUT2D eigenvalue weighted by atomic mass is 9.67. The van der Waals surface area contributed by atoms with Crippen LogP contribution in [0.2, 0.25) is 0 Å². The van der Waals surface area contributed by atoms with Gasteiger partial charge in [-0.3, -0.25) is 0 Å². The van der Waals surface area contributed by atoms with Gasteiger partial charge in [0, 0.05) is 28.1 Å². The Labute approximate surface area is 297 Å². The summed E-state index contributed by atoms with van der Waals surface area (Å²) in [5, 5.41) is 10.5. The highest BCUT2D eigenvalue weighted by molar-refractivity contribution is 6.08. The highest BCUT2D eigenvalue weighted by Gasteiger charge is 2.46. The Hall–Kier alpha value is -6.25. The van der Waals surface area contributed by atoms with Crippen molar-refractivity contribution in [2.75, 3.05) is 0 Å². The summed E-state index contributed by atoms with van der Waals surface area (Å²) in [6.07, 6.45) is 2.42. The van der Waals surface area contributed by atoms with E-state index in [9.17, 15) is 0 Å². The normalized spacial score (nSPS) is 14.6. The molecule has 0 N–H and O–H groups in total. The van der Waals surface area contributed by atoms with E-state index in [2.05, 4.69) is 180 Å². The fraction of sp³-hybridized carbons (Fsp3) is 0.0816. The molecule has 2 heterocycles. The third-order valence-corrected chi connectivity index (χ3v) is 11.4. The van der Waals surface area contributed by atoms with Crippen LogP contribution in [0.1, 0.15) is 46.7 Å². The molecule has 2 heteroatoms. The van der Waals surface area contributed by atoms with Crippen LogP contribution in [0.5, 0.6) is 0 Å². The minimum absolute atomic E-state index is 0.474. The van der Waals surface area contributed by atoms with Crippen molar-refractivity contribution in [1.82, 2.24) is 9.61 Å². The summed E-state index contributed by atoms with van der Waals surface area (Å²) < 4.78 is 2.30. The summed E-state index contributed by atoms with van der Waals surface area (Å²) in [5.41, 5.74) is 14.3. The SMILES string of the molecule is c1ccc(C2(c3ccccc3)c3ccccc3-c3ccc(-c4c(-c5ccc6ccccc6c5)nn5c(C6CC6)cc6ccccc6c45)cc32)cc1. The van der Waals surface area contributed by atoms with E-state index in [-0.39, 0.29) is 0 Å². The average Bonchev–Trinajstić information content (AvgIpc) is 3.90. The van der Waals surface area contributed by atoms with Gasteiger partial charge in [-0.25, -0.2) is 4.52 Å². The van der Waals surface area contributed by atoms with Crippen molar-refractivity contribution in [2.24, 2.45) is 0 Å². The molecule has 240 valence electrons. The van der Waals surface area contributed by atoms with Gasteiger partial charge >= 0.3 is 0 Å². The minimum atomic E-state index is -0.474. The van der Waals surface area contributed by atoms with Crippen molar-refractivity contribution in [3.63, 3.8) is 0 Å². The van der Waals surface area contributed by atoms with Gasteiger partial charge in [0.1, 0.15) is 5.69 Å². The van der Waals surface area contributed by atoms with Crippen molar-refractivity contribution in [1.29, 1.82) is 0 Å². The molecule has 0 radical (unpaired) electrons. The highest BCUT2D eigenvalue weighted by atomic mass is 15.2. The summed E-state index contributed by atoms with van der Waals surface area (Å²) in [6.45, 7) is 0. The van der Waals surface area contributed by atoms with Crippen molar-refractivity contribution >= 4 is 27.1 Å². The minimum Gasteiger partial charge on any atom is -0.236 e. The topological polar surface area (TPSA) is 17.3 Å². The van der Waals surface area contributed by atoms with E-state index in [0.29, 0.717) is 5.92 Å². The summed E-state index contributed by atoms with van der Waals surface area (Å²) in [6, 6.07) is 65.1. The molecule has 0 unspecified atom stereocenters. The quantitative estimate of drug-likeness (QED) is 0.181. The third-order valence-electron chi connectivity index (χ3n) is 11.4. The van der Waals surface area contributed by atoms with Gasteiger partial charge in [0.05, 0.1) is 10.9 Å². The molecule has 9 aromatic rings. The van der Waals surface area contributed by atoms with Gasteiger partial charge in [0.25, 0.3) is 0 Å². The number of pyridine rings is 1. The lowest BCUT2D eigenvalue weighted by Gasteiger charge is -2.34. The molecule has 0 spiro atoms. The second kappa shape index (κ2) is 10.9. The standard InChI is InChI=1S/C49H34N2/c1-3-16-38(17-4-1)49(39-18-5-2-6-19-39)43-22-12-11-21-41(43)42-28-27-36(30-44(42)49)46-47(37-26-23-32-13-7-8-14-34(32)29-37)50-51-45(33-24-25-33)31-35-15-9-10-20-40(35)48(46)51/h1-23,26-31,33H,24-25H2. The largest absolute Gasteiger partial charge is 0.236 e. The molecule has 2 nitrogen and oxygen atoms in total. The van der Waals surface area contributed by atoms with Crippen LogP contribution >= 0.6 is 0 Å². The van der Waals surface area contributed by atoms with E-state index in [4.69, 9.17) is 5.10 Å². The Kier molecular flexibility index (Phi) is 6.09. The molecule has 2 aliphatic rings.